The quantitative estimate of drug-likeness (QED) is 0.932. The van der Waals surface area contributed by atoms with Gasteiger partial charge in [-0.2, -0.15) is 0 Å². The van der Waals surface area contributed by atoms with Crippen LogP contribution in [0.4, 0.5) is 4.39 Å². The summed E-state index contributed by atoms with van der Waals surface area (Å²) < 4.78 is 28.8. The molecule has 1 N–H and O–H groups in total. The Kier molecular flexibility index (Phi) is 3.43. The van der Waals surface area contributed by atoms with Gasteiger partial charge >= 0.3 is 0 Å². The standard InChI is InChI=1S/C15H13FO4/c16-11-2-1-3-12(7-11)18-8-13(17)10-4-5-14-15(6-10)20-9-19-14/h1-7,13,17H,8-9H2. The number of hydrogen-bond donors (Lipinski definition) is 1. The molecule has 2 aromatic rings. The van der Waals surface area contributed by atoms with E-state index >= 15 is 0 Å². The molecule has 4 nitrogen and oxygen atoms in total. The molecule has 1 aliphatic heterocycles. The highest BCUT2D eigenvalue weighted by Crippen LogP contribution is 2.34. The molecule has 104 valence electrons. The van der Waals surface area contributed by atoms with Crippen LogP contribution in [0.25, 0.3) is 0 Å². The number of ether oxygens (including phenoxy) is 3. The lowest BCUT2D eigenvalue weighted by molar-refractivity contribution is 0.108. The molecule has 2 aromatic carbocycles. The molecule has 0 aliphatic carbocycles. The largest absolute Gasteiger partial charge is 0.490 e. The topological polar surface area (TPSA) is 47.9 Å². The van der Waals surface area contributed by atoms with E-state index in [0.29, 0.717) is 22.8 Å². The summed E-state index contributed by atoms with van der Waals surface area (Å²) in [6, 6.07) is 11.0. The molecule has 1 aliphatic rings. The van der Waals surface area contributed by atoms with Crippen molar-refractivity contribution >= 4 is 0 Å². The maximum absolute atomic E-state index is 13.0. The van der Waals surface area contributed by atoms with E-state index in [9.17, 15) is 9.50 Å². The Labute approximate surface area is 115 Å². The summed E-state index contributed by atoms with van der Waals surface area (Å²) in [6.45, 7) is 0.220. The van der Waals surface area contributed by atoms with Gasteiger partial charge in [0.25, 0.3) is 0 Å². The van der Waals surface area contributed by atoms with Crippen molar-refractivity contribution in [2.45, 2.75) is 6.10 Å². The minimum atomic E-state index is -0.826. The third-order valence-electron chi connectivity index (χ3n) is 2.99. The number of hydrogen-bond acceptors (Lipinski definition) is 4. The minimum Gasteiger partial charge on any atom is -0.490 e. The highest BCUT2D eigenvalue weighted by atomic mass is 19.1. The highest BCUT2D eigenvalue weighted by molar-refractivity contribution is 5.45. The molecule has 5 heteroatoms. The second-order valence-electron chi connectivity index (χ2n) is 4.40. The first kappa shape index (κ1) is 12.7. The molecule has 0 saturated heterocycles. The third kappa shape index (κ3) is 2.67. The smallest absolute Gasteiger partial charge is 0.231 e. The van der Waals surface area contributed by atoms with E-state index in [-0.39, 0.29) is 19.2 Å². The number of aliphatic hydroxyl groups is 1. The normalized spacial score (nSPS) is 14.1. The van der Waals surface area contributed by atoms with Gasteiger partial charge in [0, 0.05) is 6.07 Å². The molecule has 20 heavy (non-hydrogen) atoms. The molecule has 0 radical (unpaired) electrons. The monoisotopic (exact) mass is 276 g/mol. The lowest BCUT2D eigenvalue weighted by atomic mass is 10.1. The van der Waals surface area contributed by atoms with Crippen LogP contribution in [-0.4, -0.2) is 18.5 Å². The maximum Gasteiger partial charge on any atom is 0.231 e. The average Bonchev–Trinajstić information content (AvgIpc) is 2.92. The van der Waals surface area contributed by atoms with Crippen LogP contribution < -0.4 is 14.2 Å². The molecule has 1 heterocycles. The summed E-state index contributed by atoms with van der Waals surface area (Å²) in [5.74, 6) is 1.27. The van der Waals surface area contributed by atoms with E-state index in [4.69, 9.17) is 14.2 Å². The molecular formula is C15H13FO4. The van der Waals surface area contributed by atoms with Gasteiger partial charge in [0.05, 0.1) is 0 Å². The molecule has 0 saturated carbocycles. The molecule has 0 fully saturated rings. The van der Waals surface area contributed by atoms with Crippen molar-refractivity contribution in [1.29, 1.82) is 0 Å². The van der Waals surface area contributed by atoms with E-state index in [1.165, 1.54) is 12.1 Å². The van der Waals surface area contributed by atoms with Gasteiger partial charge in [0.1, 0.15) is 24.3 Å². The van der Waals surface area contributed by atoms with Gasteiger partial charge in [-0.3, -0.25) is 0 Å². The van der Waals surface area contributed by atoms with Crippen LogP contribution in [0.5, 0.6) is 17.2 Å². The number of fused-ring (bicyclic) bond motifs is 1. The highest BCUT2D eigenvalue weighted by Gasteiger charge is 2.17. The first-order valence-corrected chi connectivity index (χ1v) is 6.18. The Hall–Kier alpha value is -2.27. The van der Waals surface area contributed by atoms with Crippen LogP contribution in [0.2, 0.25) is 0 Å². The zero-order valence-electron chi connectivity index (χ0n) is 10.6. The molecule has 0 spiro atoms. The summed E-state index contributed by atoms with van der Waals surface area (Å²) in [5.41, 5.74) is 0.658. The second-order valence-corrected chi connectivity index (χ2v) is 4.40. The van der Waals surface area contributed by atoms with Crippen molar-refractivity contribution in [3.63, 3.8) is 0 Å². The number of benzene rings is 2. The van der Waals surface area contributed by atoms with E-state index in [0.717, 1.165) is 0 Å². The third-order valence-corrected chi connectivity index (χ3v) is 2.99. The van der Waals surface area contributed by atoms with Gasteiger partial charge in [-0.1, -0.05) is 12.1 Å². The molecular weight excluding hydrogens is 263 g/mol. The summed E-state index contributed by atoms with van der Waals surface area (Å²) in [5, 5.41) is 10.1. The van der Waals surface area contributed by atoms with E-state index in [1.807, 2.05) is 0 Å². The fourth-order valence-corrected chi connectivity index (χ4v) is 1.95. The Morgan fingerprint density at radius 3 is 2.85 bits per heavy atom. The van der Waals surface area contributed by atoms with Crippen molar-refractivity contribution in [3.8, 4) is 17.2 Å². The summed E-state index contributed by atoms with van der Waals surface area (Å²) >= 11 is 0. The van der Waals surface area contributed by atoms with E-state index in [1.54, 1.807) is 30.3 Å². The summed E-state index contributed by atoms with van der Waals surface area (Å²) in [7, 11) is 0. The Morgan fingerprint density at radius 1 is 1.15 bits per heavy atom. The minimum absolute atomic E-state index is 0.0309. The molecule has 1 atom stereocenters. The SMILES string of the molecule is OC(COc1cccc(F)c1)c1ccc2c(c1)OCO2. The van der Waals surface area contributed by atoms with Gasteiger partial charge in [-0.05, 0) is 29.8 Å². The van der Waals surface area contributed by atoms with Crippen molar-refractivity contribution < 1.29 is 23.7 Å². The Bertz CT molecular complexity index is 615. The fraction of sp³-hybridized carbons (Fsp3) is 0.200. The van der Waals surface area contributed by atoms with E-state index in [2.05, 4.69) is 0 Å². The number of halogens is 1. The van der Waals surface area contributed by atoms with Crippen LogP contribution in [0.15, 0.2) is 42.5 Å². The van der Waals surface area contributed by atoms with Gasteiger partial charge in [0.2, 0.25) is 6.79 Å². The molecule has 0 aromatic heterocycles. The lowest BCUT2D eigenvalue weighted by Crippen LogP contribution is -2.09. The molecule has 3 rings (SSSR count). The molecule has 0 bridgehead atoms. The van der Waals surface area contributed by atoms with Crippen LogP contribution in [0.3, 0.4) is 0 Å². The Balaban J connectivity index is 1.66. The van der Waals surface area contributed by atoms with Crippen molar-refractivity contribution in [1.82, 2.24) is 0 Å². The zero-order chi connectivity index (χ0) is 13.9. The summed E-state index contributed by atoms with van der Waals surface area (Å²) in [6.07, 6.45) is -0.826. The van der Waals surface area contributed by atoms with Crippen LogP contribution in [0, 0.1) is 5.82 Å². The van der Waals surface area contributed by atoms with Gasteiger partial charge in [0.15, 0.2) is 11.5 Å². The zero-order valence-corrected chi connectivity index (χ0v) is 10.6. The van der Waals surface area contributed by atoms with Crippen LogP contribution in [0.1, 0.15) is 11.7 Å². The van der Waals surface area contributed by atoms with Crippen LogP contribution in [-0.2, 0) is 0 Å². The van der Waals surface area contributed by atoms with E-state index < -0.39 is 6.10 Å². The van der Waals surface area contributed by atoms with Gasteiger partial charge < -0.3 is 19.3 Å². The number of aliphatic hydroxyl groups excluding tert-OH is 1. The average molecular weight is 276 g/mol. The van der Waals surface area contributed by atoms with Gasteiger partial charge in [-0.25, -0.2) is 4.39 Å². The fourth-order valence-electron chi connectivity index (χ4n) is 1.95. The predicted octanol–water partition coefficient (Wildman–Crippen LogP) is 2.67. The first-order chi connectivity index (χ1) is 9.72. The van der Waals surface area contributed by atoms with Crippen LogP contribution >= 0.6 is 0 Å². The van der Waals surface area contributed by atoms with Crippen molar-refractivity contribution in [2.24, 2.45) is 0 Å². The lowest BCUT2D eigenvalue weighted by Gasteiger charge is -2.13. The Morgan fingerprint density at radius 2 is 2.00 bits per heavy atom. The summed E-state index contributed by atoms with van der Waals surface area (Å²) in [4.78, 5) is 0. The van der Waals surface area contributed by atoms with Gasteiger partial charge in [-0.15, -0.1) is 0 Å². The second kappa shape index (κ2) is 5.38. The maximum atomic E-state index is 13.0. The number of rotatable bonds is 4. The molecule has 1 unspecified atom stereocenters. The first-order valence-electron chi connectivity index (χ1n) is 6.18. The molecule has 0 amide bonds. The predicted molar refractivity (Wildman–Crippen MR) is 69.4 cm³/mol. The van der Waals surface area contributed by atoms with Crippen molar-refractivity contribution in [2.75, 3.05) is 13.4 Å². The van der Waals surface area contributed by atoms with Crippen molar-refractivity contribution in [3.05, 3.63) is 53.8 Å².